The molecule has 2 heterocycles. The Morgan fingerprint density at radius 3 is 2.71 bits per heavy atom. The molecular weight excluding hydrogens is 354 g/mol. The predicted molar refractivity (Wildman–Crippen MR) is 107 cm³/mol. The summed E-state index contributed by atoms with van der Waals surface area (Å²) in [5, 5.41) is 2.97. The maximum atomic E-state index is 13.1. The molecule has 4 aromatic rings. The summed E-state index contributed by atoms with van der Waals surface area (Å²) < 4.78 is 6.55. The van der Waals surface area contributed by atoms with Gasteiger partial charge in [0.05, 0.1) is 11.4 Å². The van der Waals surface area contributed by atoms with Gasteiger partial charge in [-0.3, -0.25) is 14.3 Å². The van der Waals surface area contributed by atoms with Gasteiger partial charge < -0.3 is 9.73 Å². The van der Waals surface area contributed by atoms with Crippen molar-refractivity contribution in [2.75, 3.05) is 5.32 Å². The first kappa shape index (κ1) is 17.7. The number of hydrogen-bond donors (Lipinski definition) is 1. The van der Waals surface area contributed by atoms with Crippen LogP contribution in [0.5, 0.6) is 0 Å². The van der Waals surface area contributed by atoms with Crippen LogP contribution in [0.1, 0.15) is 17.0 Å². The van der Waals surface area contributed by atoms with Gasteiger partial charge in [0.2, 0.25) is 5.91 Å². The Balaban J connectivity index is 1.63. The number of hydrogen-bond acceptors (Lipinski definition) is 4. The lowest BCUT2D eigenvalue weighted by molar-refractivity contribution is -0.117. The molecule has 1 N–H and O–H groups in total. The van der Waals surface area contributed by atoms with E-state index in [2.05, 4.69) is 10.3 Å². The first-order valence-corrected chi connectivity index (χ1v) is 8.96. The lowest BCUT2D eigenvalue weighted by Gasteiger charge is -2.17. The van der Waals surface area contributed by atoms with Gasteiger partial charge in [-0.05, 0) is 41.8 Å². The molecule has 1 unspecified atom stereocenters. The van der Waals surface area contributed by atoms with E-state index in [1.54, 1.807) is 37.6 Å². The van der Waals surface area contributed by atoms with Crippen molar-refractivity contribution in [3.8, 4) is 0 Å². The van der Waals surface area contributed by atoms with Crippen molar-refractivity contribution >= 4 is 22.7 Å². The summed E-state index contributed by atoms with van der Waals surface area (Å²) in [5.74, 6) is -0.922. The van der Waals surface area contributed by atoms with Crippen LogP contribution in [0.25, 0.3) is 11.1 Å². The van der Waals surface area contributed by atoms with Crippen LogP contribution in [0.4, 0.5) is 5.69 Å². The fourth-order valence-corrected chi connectivity index (χ4v) is 3.24. The molecule has 4 rings (SSSR count). The topological polar surface area (TPSA) is 77.1 Å². The monoisotopic (exact) mass is 373 g/mol. The van der Waals surface area contributed by atoms with Gasteiger partial charge in [0.1, 0.15) is 0 Å². The molecule has 1 amide bonds. The van der Waals surface area contributed by atoms with Crippen molar-refractivity contribution in [2.24, 2.45) is 7.05 Å². The number of oxazole rings is 1. The molecule has 0 fully saturated rings. The van der Waals surface area contributed by atoms with Gasteiger partial charge in [0.15, 0.2) is 5.58 Å². The van der Waals surface area contributed by atoms with Gasteiger partial charge in [-0.25, -0.2) is 4.79 Å². The van der Waals surface area contributed by atoms with Gasteiger partial charge in [0.25, 0.3) is 0 Å². The molecule has 0 aliphatic carbocycles. The Bertz CT molecular complexity index is 1160. The molecule has 6 heteroatoms. The maximum absolute atomic E-state index is 13.1. The van der Waals surface area contributed by atoms with E-state index in [0.717, 1.165) is 11.1 Å². The number of benzene rings is 2. The first-order valence-electron chi connectivity index (χ1n) is 8.96. The highest BCUT2D eigenvalue weighted by Gasteiger charge is 2.21. The molecule has 140 valence electrons. The van der Waals surface area contributed by atoms with Crippen molar-refractivity contribution in [3.05, 3.63) is 94.7 Å². The fraction of sp³-hybridized carbons (Fsp3) is 0.136. The molecule has 1 atom stereocenters. The summed E-state index contributed by atoms with van der Waals surface area (Å²) in [4.78, 5) is 28.9. The van der Waals surface area contributed by atoms with Crippen LogP contribution in [0, 0.1) is 0 Å². The number of nitrogens with zero attached hydrogens (tertiary/aromatic N) is 2. The molecule has 2 aromatic heterocycles. The number of carbonyl (C=O) groups excluding carboxylic acids is 1. The molecule has 6 nitrogen and oxygen atoms in total. The fourth-order valence-electron chi connectivity index (χ4n) is 3.24. The van der Waals surface area contributed by atoms with Crippen molar-refractivity contribution in [1.82, 2.24) is 9.55 Å². The molecule has 0 aliphatic heterocycles. The average Bonchev–Trinajstić information content (AvgIpc) is 3.01. The van der Waals surface area contributed by atoms with Gasteiger partial charge in [-0.1, -0.05) is 36.4 Å². The molecule has 2 aromatic carbocycles. The second kappa shape index (κ2) is 7.52. The van der Waals surface area contributed by atoms with Crippen LogP contribution in [-0.4, -0.2) is 15.5 Å². The Kier molecular flexibility index (Phi) is 4.76. The first-order chi connectivity index (χ1) is 13.6. The molecule has 0 radical (unpaired) electrons. The number of amides is 1. The molecule has 0 spiro atoms. The van der Waals surface area contributed by atoms with Gasteiger partial charge in [-0.2, -0.15) is 0 Å². The zero-order chi connectivity index (χ0) is 19.5. The average molecular weight is 373 g/mol. The third-order valence-electron chi connectivity index (χ3n) is 4.74. The largest absolute Gasteiger partial charge is 0.419 e. The molecule has 0 aliphatic rings. The van der Waals surface area contributed by atoms with Gasteiger partial charge in [0, 0.05) is 25.1 Å². The normalized spacial score (nSPS) is 12.0. The van der Waals surface area contributed by atoms with Crippen molar-refractivity contribution in [3.63, 3.8) is 0 Å². The lowest BCUT2D eigenvalue weighted by Crippen LogP contribution is -2.23. The van der Waals surface area contributed by atoms with Gasteiger partial charge in [-0.15, -0.1) is 0 Å². The second-order valence-electron chi connectivity index (χ2n) is 6.63. The second-order valence-corrected chi connectivity index (χ2v) is 6.63. The highest BCUT2D eigenvalue weighted by Crippen LogP contribution is 2.24. The van der Waals surface area contributed by atoms with E-state index >= 15 is 0 Å². The summed E-state index contributed by atoms with van der Waals surface area (Å²) in [6, 6.07) is 18.7. The minimum Gasteiger partial charge on any atom is -0.408 e. The third-order valence-corrected chi connectivity index (χ3v) is 4.74. The van der Waals surface area contributed by atoms with Crippen LogP contribution in [0.3, 0.4) is 0 Å². The van der Waals surface area contributed by atoms with E-state index < -0.39 is 5.76 Å². The number of fused-ring (bicyclic) bond motifs is 1. The number of anilines is 1. The van der Waals surface area contributed by atoms with E-state index in [1.165, 1.54) is 4.57 Å². The number of aryl methyl sites for hydroxylation is 1. The molecular formula is C22H19N3O3. The smallest absolute Gasteiger partial charge is 0.408 e. The lowest BCUT2D eigenvalue weighted by atomic mass is 9.91. The molecule has 0 saturated carbocycles. The summed E-state index contributed by atoms with van der Waals surface area (Å²) in [7, 11) is 1.63. The van der Waals surface area contributed by atoms with Crippen LogP contribution in [-0.2, 0) is 18.3 Å². The highest BCUT2D eigenvalue weighted by atomic mass is 16.4. The van der Waals surface area contributed by atoms with E-state index in [1.807, 2.05) is 42.5 Å². The highest BCUT2D eigenvalue weighted by molar-refractivity contribution is 5.97. The molecule has 28 heavy (non-hydrogen) atoms. The SMILES string of the molecule is Cn1c(=O)oc2ccc(NC(=O)C(Cc3cccnc3)c3ccccc3)cc21. The van der Waals surface area contributed by atoms with Crippen molar-refractivity contribution < 1.29 is 9.21 Å². The summed E-state index contributed by atoms with van der Waals surface area (Å²) in [5.41, 5.74) is 3.65. The third kappa shape index (κ3) is 3.57. The van der Waals surface area contributed by atoms with Gasteiger partial charge >= 0.3 is 5.76 Å². The number of pyridine rings is 1. The number of rotatable bonds is 5. The molecule has 0 bridgehead atoms. The van der Waals surface area contributed by atoms with E-state index in [4.69, 9.17) is 4.42 Å². The Morgan fingerprint density at radius 1 is 1.14 bits per heavy atom. The van der Waals surface area contributed by atoms with E-state index in [0.29, 0.717) is 23.2 Å². The van der Waals surface area contributed by atoms with E-state index in [-0.39, 0.29) is 11.8 Å². The van der Waals surface area contributed by atoms with Crippen LogP contribution >= 0.6 is 0 Å². The number of aromatic nitrogens is 2. The summed E-state index contributed by atoms with van der Waals surface area (Å²) in [6.07, 6.45) is 4.03. The Hall–Kier alpha value is -3.67. The number of carbonyl (C=O) groups is 1. The van der Waals surface area contributed by atoms with Crippen LogP contribution < -0.4 is 11.1 Å². The summed E-state index contributed by atoms with van der Waals surface area (Å²) in [6.45, 7) is 0. The summed E-state index contributed by atoms with van der Waals surface area (Å²) >= 11 is 0. The van der Waals surface area contributed by atoms with Crippen molar-refractivity contribution in [2.45, 2.75) is 12.3 Å². The van der Waals surface area contributed by atoms with E-state index in [9.17, 15) is 9.59 Å². The predicted octanol–water partition coefficient (Wildman–Crippen LogP) is 3.49. The minimum atomic E-state index is -0.433. The van der Waals surface area contributed by atoms with Crippen molar-refractivity contribution in [1.29, 1.82) is 0 Å². The minimum absolute atomic E-state index is 0.122. The zero-order valence-electron chi connectivity index (χ0n) is 15.3. The van der Waals surface area contributed by atoms with Crippen LogP contribution in [0.15, 0.2) is 82.3 Å². The Morgan fingerprint density at radius 2 is 1.96 bits per heavy atom. The quantitative estimate of drug-likeness (QED) is 0.581. The Labute approximate surface area is 161 Å². The molecule has 0 saturated heterocycles. The van der Waals surface area contributed by atoms with Crippen LogP contribution in [0.2, 0.25) is 0 Å². The zero-order valence-corrected chi connectivity index (χ0v) is 15.3. The number of nitrogens with one attached hydrogen (secondary N) is 1. The standard InChI is InChI=1S/C22H19N3O3/c1-25-19-13-17(9-10-20(19)28-22(25)27)24-21(26)18(16-7-3-2-4-8-16)12-15-6-5-11-23-14-15/h2-11,13-14,18H,12H2,1H3,(H,24,26). The maximum Gasteiger partial charge on any atom is 0.419 e.